The first-order valence-electron chi connectivity index (χ1n) is 10.3. The monoisotopic (exact) mass is 494 g/mol. The van der Waals surface area contributed by atoms with Gasteiger partial charge in [0.2, 0.25) is 0 Å². The summed E-state index contributed by atoms with van der Waals surface area (Å²) in [5.41, 5.74) is 0. The molecule has 0 amide bonds. The van der Waals surface area contributed by atoms with Crippen molar-refractivity contribution >= 4 is 29.9 Å². The molecule has 2 unspecified atom stereocenters. The Balaban J connectivity index is 0.00000261. The van der Waals surface area contributed by atoms with Gasteiger partial charge in [-0.1, -0.05) is 6.92 Å². The number of nitrogens with one attached hydrogen (secondary N) is 1. The maximum absolute atomic E-state index is 5.49. The summed E-state index contributed by atoms with van der Waals surface area (Å²) in [6.07, 6.45) is 1.23. The van der Waals surface area contributed by atoms with Crippen LogP contribution in [0.3, 0.4) is 0 Å². The van der Waals surface area contributed by atoms with Gasteiger partial charge in [-0.2, -0.15) is 0 Å². The lowest BCUT2D eigenvalue weighted by Gasteiger charge is -2.34. The Morgan fingerprint density at radius 2 is 1.81 bits per heavy atom. The van der Waals surface area contributed by atoms with Crippen LogP contribution in [-0.2, 0) is 4.74 Å². The molecule has 3 aliphatic rings. The van der Waals surface area contributed by atoms with Crippen LogP contribution in [0.2, 0.25) is 0 Å². The van der Waals surface area contributed by atoms with Crippen molar-refractivity contribution in [2.75, 3.05) is 92.8 Å². The van der Waals surface area contributed by atoms with E-state index in [0.29, 0.717) is 12.0 Å². The number of hydrogen-bond donors (Lipinski definition) is 1. The topological polar surface area (TPSA) is 46.6 Å². The van der Waals surface area contributed by atoms with Gasteiger partial charge in [-0.3, -0.25) is 9.89 Å². The Labute approximate surface area is 182 Å². The molecular weight excluding hydrogens is 455 g/mol. The molecule has 0 aliphatic carbocycles. The van der Waals surface area contributed by atoms with Crippen molar-refractivity contribution in [3.8, 4) is 0 Å². The summed E-state index contributed by atoms with van der Waals surface area (Å²) in [6, 6.07) is 0.653. The zero-order valence-corrected chi connectivity index (χ0v) is 19.7. The van der Waals surface area contributed by atoms with E-state index in [1.54, 1.807) is 0 Å². The number of morpholine rings is 1. The van der Waals surface area contributed by atoms with Crippen LogP contribution in [-0.4, -0.2) is 124 Å². The van der Waals surface area contributed by atoms with Crippen LogP contribution < -0.4 is 5.32 Å². The first-order valence-corrected chi connectivity index (χ1v) is 10.3. The standard InChI is InChI=1S/C19H38N6O.HI/c1-17(15-23-8-6-22(3)7-9-23)14-21-19(20-2)25-5-4-18(16-25)24-10-12-26-13-11-24;/h17-18H,4-16H2,1-3H3,(H,20,21);1H. The first kappa shape index (κ1) is 23.1. The number of guanidine groups is 1. The summed E-state index contributed by atoms with van der Waals surface area (Å²) in [5.74, 6) is 1.71. The van der Waals surface area contributed by atoms with Crippen LogP contribution in [0.15, 0.2) is 4.99 Å². The zero-order valence-electron chi connectivity index (χ0n) is 17.4. The molecule has 0 aromatic heterocycles. The third-order valence-electron chi connectivity index (χ3n) is 6.01. The molecule has 8 heteroatoms. The van der Waals surface area contributed by atoms with Crippen molar-refractivity contribution < 1.29 is 4.74 Å². The van der Waals surface area contributed by atoms with Crippen LogP contribution >= 0.6 is 24.0 Å². The van der Waals surface area contributed by atoms with Crippen LogP contribution in [0, 0.1) is 5.92 Å². The smallest absolute Gasteiger partial charge is 0.193 e. The molecule has 7 nitrogen and oxygen atoms in total. The summed E-state index contributed by atoms with van der Waals surface area (Å²) >= 11 is 0. The summed E-state index contributed by atoms with van der Waals surface area (Å²) < 4.78 is 5.49. The van der Waals surface area contributed by atoms with Gasteiger partial charge < -0.3 is 24.8 Å². The largest absolute Gasteiger partial charge is 0.379 e. The van der Waals surface area contributed by atoms with Crippen molar-refractivity contribution in [2.45, 2.75) is 19.4 Å². The molecule has 2 atom stereocenters. The maximum atomic E-state index is 5.49. The molecule has 27 heavy (non-hydrogen) atoms. The highest BCUT2D eigenvalue weighted by atomic mass is 127. The molecule has 0 spiro atoms. The summed E-state index contributed by atoms with van der Waals surface area (Å²) in [6.45, 7) is 15.4. The zero-order chi connectivity index (χ0) is 18.4. The fourth-order valence-electron chi connectivity index (χ4n) is 4.31. The number of piperazine rings is 1. The second-order valence-corrected chi connectivity index (χ2v) is 8.17. The lowest BCUT2D eigenvalue weighted by Crippen LogP contribution is -2.48. The van der Waals surface area contributed by atoms with E-state index < -0.39 is 0 Å². The molecule has 0 radical (unpaired) electrons. The van der Waals surface area contributed by atoms with Gasteiger partial charge in [0, 0.05) is 78.5 Å². The number of hydrogen-bond acceptors (Lipinski definition) is 5. The van der Waals surface area contributed by atoms with Crippen molar-refractivity contribution in [1.82, 2.24) is 24.9 Å². The van der Waals surface area contributed by atoms with Crippen LogP contribution in [0.25, 0.3) is 0 Å². The minimum absolute atomic E-state index is 0. The minimum atomic E-state index is 0. The van der Waals surface area contributed by atoms with Gasteiger partial charge >= 0.3 is 0 Å². The summed E-state index contributed by atoms with van der Waals surface area (Å²) in [5, 5.41) is 3.63. The first-order chi connectivity index (χ1) is 12.7. The molecule has 158 valence electrons. The molecule has 0 aromatic carbocycles. The van der Waals surface area contributed by atoms with E-state index in [-0.39, 0.29) is 24.0 Å². The lowest BCUT2D eigenvalue weighted by atomic mass is 10.1. The Morgan fingerprint density at radius 1 is 1.11 bits per heavy atom. The van der Waals surface area contributed by atoms with E-state index in [2.05, 4.69) is 43.9 Å². The number of rotatable bonds is 5. The predicted octanol–water partition coefficient (Wildman–Crippen LogP) is 0.470. The maximum Gasteiger partial charge on any atom is 0.193 e. The molecule has 0 saturated carbocycles. The van der Waals surface area contributed by atoms with E-state index in [0.717, 1.165) is 51.9 Å². The number of halogens is 1. The molecule has 0 bridgehead atoms. The predicted molar refractivity (Wildman–Crippen MR) is 122 cm³/mol. The van der Waals surface area contributed by atoms with Crippen molar-refractivity contribution in [1.29, 1.82) is 0 Å². The second kappa shape index (κ2) is 11.7. The normalized spacial score (nSPS) is 27.4. The highest BCUT2D eigenvalue weighted by Crippen LogP contribution is 2.17. The van der Waals surface area contributed by atoms with E-state index >= 15 is 0 Å². The molecule has 1 N–H and O–H groups in total. The van der Waals surface area contributed by atoms with Crippen LogP contribution in [0.4, 0.5) is 0 Å². The highest BCUT2D eigenvalue weighted by Gasteiger charge is 2.30. The van der Waals surface area contributed by atoms with Crippen molar-refractivity contribution in [3.05, 3.63) is 0 Å². The van der Waals surface area contributed by atoms with Gasteiger partial charge in [-0.15, -0.1) is 24.0 Å². The van der Waals surface area contributed by atoms with Crippen LogP contribution in [0.5, 0.6) is 0 Å². The fraction of sp³-hybridized carbons (Fsp3) is 0.947. The van der Waals surface area contributed by atoms with Crippen LogP contribution in [0.1, 0.15) is 13.3 Å². The van der Waals surface area contributed by atoms with Gasteiger partial charge in [-0.05, 0) is 19.4 Å². The molecule has 3 saturated heterocycles. The van der Waals surface area contributed by atoms with E-state index in [1.165, 1.54) is 39.1 Å². The number of likely N-dealkylation sites (tertiary alicyclic amines) is 1. The second-order valence-electron chi connectivity index (χ2n) is 8.17. The minimum Gasteiger partial charge on any atom is -0.379 e. The summed E-state index contributed by atoms with van der Waals surface area (Å²) in [7, 11) is 4.13. The fourth-order valence-corrected chi connectivity index (χ4v) is 4.31. The van der Waals surface area contributed by atoms with Crippen molar-refractivity contribution in [2.24, 2.45) is 10.9 Å². The van der Waals surface area contributed by atoms with Gasteiger partial charge in [0.1, 0.15) is 0 Å². The molecule has 3 heterocycles. The molecule has 0 aromatic rings. The molecular formula is C19H39IN6O. The molecule has 3 aliphatic heterocycles. The lowest BCUT2D eigenvalue weighted by molar-refractivity contribution is 0.0195. The quantitative estimate of drug-likeness (QED) is 0.341. The van der Waals surface area contributed by atoms with E-state index in [9.17, 15) is 0 Å². The SMILES string of the molecule is CN=C(NCC(C)CN1CCN(C)CC1)N1CCC(N2CCOCC2)C1.I. The Bertz CT molecular complexity index is 451. The summed E-state index contributed by atoms with van der Waals surface area (Å²) in [4.78, 5) is 14.6. The average Bonchev–Trinajstić information content (AvgIpc) is 3.15. The Hall–Kier alpha value is -0.160. The third kappa shape index (κ3) is 6.99. The highest BCUT2D eigenvalue weighted by molar-refractivity contribution is 14.0. The van der Waals surface area contributed by atoms with Gasteiger partial charge in [0.15, 0.2) is 5.96 Å². The molecule has 3 rings (SSSR count). The van der Waals surface area contributed by atoms with Gasteiger partial charge in [-0.25, -0.2) is 0 Å². The van der Waals surface area contributed by atoms with Crippen molar-refractivity contribution in [3.63, 3.8) is 0 Å². The molecule has 3 fully saturated rings. The van der Waals surface area contributed by atoms with E-state index in [1.807, 2.05) is 7.05 Å². The van der Waals surface area contributed by atoms with Gasteiger partial charge in [0.25, 0.3) is 0 Å². The number of aliphatic imine (C=N–C) groups is 1. The Morgan fingerprint density at radius 3 is 2.48 bits per heavy atom. The van der Waals surface area contributed by atoms with Gasteiger partial charge in [0.05, 0.1) is 13.2 Å². The average molecular weight is 494 g/mol. The third-order valence-corrected chi connectivity index (χ3v) is 6.01. The van der Waals surface area contributed by atoms with E-state index in [4.69, 9.17) is 4.74 Å². The number of ether oxygens (including phenoxy) is 1. The number of nitrogens with zero attached hydrogens (tertiary/aromatic N) is 5. The number of likely N-dealkylation sites (N-methyl/N-ethyl adjacent to an activating group) is 1. The Kier molecular flexibility index (Phi) is 10.1.